The molecule has 1 N–H and O–H groups in total. The van der Waals surface area contributed by atoms with Gasteiger partial charge in [0.15, 0.2) is 0 Å². The van der Waals surface area contributed by atoms with Crippen molar-refractivity contribution in [2.45, 2.75) is 6.10 Å². The SMILES string of the molecule is N#CC1=C(C#N)C(O)C(Cl)=C(Cl)C1=O. The zero-order valence-electron chi connectivity index (χ0n) is 6.58. The van der Waals surface area contributed by atoms with Crippen LogP contribution in [0.25, 0.3) is 0 Å². The number of carbonyl (C=O) groups excluding carboxylic acids is 1. The number of nitriles is 2. The topological polar surface area (TPSA) is 84.9 Å². The third kappa shape index (κ3) is 1.40. The summed E-state index contributed by atoms with van der Waals surface area (Å²) in [6.07, 6.45) is -1.48. The molecule has 0 aromatic carbocycles. The first-order valence-corrected chi connectivity index (χ1v) is 4.12. The van der Waals surface area contributed by atoms with Crippen LogP contribution in [0.1, 0.15) is 0 Å². The van der Waals surface area contributed by atoms with Gasteiger partial charge in [0.2, 0.25) is 5.78 Å². The number of aliphatic hydroxyl groups excluding tert-OH is 1. The van der Waals surface area contributed by atoms with Gasteiger partial charge in [0.1, 0.15) is 22.8 Å². The first-order valence-electron chi connectivity index (χ1n) is 3.36. The number of hydrogen-bond donors (Lipinski definition) is 1. The molecule has 0 fully saturated rings. The van der Waals surface area contributed by atoms with Crippen LogP contribution in [0, 0.1) is 22.7 Å². The van der Waals surface area contributed by atoms with Crippen molar-refractivity contribution in [2.24, 2.45) is 0 Å². The smallest absolute Gasteiger partial charge is 0.217 e. The Hall–Kier alpha value is -1.33. The van der Waals surface area contributed by atoms with Crippen molar-refractivity contribution in [3.05, 3.63) is 21.2 Å². The van der Waals surface area contributed by atoms with Crippen LogP contribution in [0.2, 0.25) is 0 Å². The number of carbonyl (C=O) groups is 1. The number of ketones is 1. The van der Waals surface area contributed by atoms with E-state index in [1.165, 1.54) is 6.07 Å². The summed E-state index contributed by atoms with van der Waals surface area (Å²) >= 11 is 10.9. The molecule has 70 valence electrons. The number of aliphatic hydroxyl groups is 1. The molecular weight excluding hydrogens is 227 g/mol. The van der Waals surface area contributed by atoms with Crippen LogP contribution in [0.15, 0.2) is 21.2 Å². The molecule has 0 aromatic heterocycles. The fourth-order valence-electron chi connectivity index (χ4n) is 0.952. The Labute approximate surface area is 89.3 Å². The lowest BCUT2D eigenvalue weighted by Crippen LogP contribution is -2.22. The zero-order chi connectivity index (χ0) is 10.9. The molecule has 0 radical (unpaired) electrons. The van der Waals surface area contributed by atoms with E-state index in [-0.39, 0.29) is 10.6 Å². The fraction of sp³-hybridized carbons (Fsp3) is 0.125. The lowest BCUT2D eigenvalue weighted by atomic mass is 9.95. The predicted octanol–water partition coefficient (Wildman–Crippen LogP) is 0.963. The van der Waals surface area contributed by atoms with Gasteiger partial charge in [0, 0.05) is 0 Å². The van der Waals surface area contributed by atoms with Gasteiger partial charge >= 0.3 is 0 Å². The second-order valence-electron chi connectivity index (χ2n) is 2.41. The van der Waals surface area contributed by atoms with E-state index in [9.17, 15) is 9.90 Å². The Balaban J connectivity index is 3.42. The van der Waals surface area contributed by atoms with Crippen molar-refractivity contribution in [1.82, 2.24) is 0 Å². The van der Waals surface area contributed by atoms with Gasteiger partial charge < -0.3 is 5.11 Å². The van der Waals surface area contributed by atoms with Crippen LogP contribution in [-0.2, 0) is 4.79 Å². The molecule has 1 aliphatic carbocycles. The summed E-state index contributed by atoms with van der Waals surface area (Å²) in [5.74, 6) is -0.832. The molecule has 0 bridgehead atoms. The van der Waals surface area contributed by atoms with E-state index in [0.29, 0.717) is 0 Å². The Morgan fingerprint density at radius 2 is 1.86 bits per heavy atom. The Kier molecular flexibility index (Phi) is 2.93. The lowest BCUT2D eigenvalue weighted by molar-refractivity contribution is -0.111. The zero-order valence-corrected chi connectivity index (χ0v) is 8.10. The Morgan fingerprint density at radius 3 is 2.29 bits per heavy atom. The summed E-state index contributed by atoms with van der Waals surface area (Å²) in [4.78, 5) is 11.3. The van der Waals surface area contributed by atoms with Gasteiger partial charge in [-0.1, -0.05) is 23.2 Å². The van der Waals surface area contributed by atoms with Crippen LogP contribution >= 0.6 is 23.2 Å². The van der Waals surface area contributed by atoms with E-state index in [2.05, 4.69) is 0 Å². The molecule has 0 heterocycles. The number of nitrogens with zero attached hydrogens (tertiary/aromatic N) is 2. The van der Waals surface area contributed by atoms with Crippen LogP contribution in [-0.4, -0.2) is 17.0 Å². The van der Waals surface area contributed by atoms with Gasteiger partial charge in [-0.15, -0.1) is 0 Å². The monoisotopic (exact) mass is 228 g/mol. The molecule has 1 atom stereocenters. The third-order valence-corrected chi connectivity index (χ3v) is 2.52. The lowest BCUT2D eigenvalue weighted by Gasteiger charge is -2.16. The fourth-order valence-corrected chi connectivity index (χ4v) is 1.34. The molecule has 0 aromatic rings. The van der Waals surface area contributed by atoms with Gasteiger partial charge in [-0.05, 0) is 0 Å². The van der Waals surface area contributed by atoms with E-state index in [1.54, 1.807) is 6.07 Å². The highest BCUT2D eigenvalue weighted by Crippen LogP contribution is 2.31. The van der Waals surface area contributed by atoms with Crippen molar-refractivity contribution < 1.29 is 9.90 Å². The molecular formula is C8H2Cl2N2O2. The van der Waals surface area contributed by atoms with Crippen molar-refractivity contribution in [3.63, 3.8) is 0 Å². The van der Waals surface area contributed by atoms with Gasteiger partial charge in [-0.25, -0.2) is 0 Å². The van der Waals surface area contributed by atoms with Crippen LogP contribution in [0.3, 0.4) is 0 Å². The molecule has 6 heteroatoms. The van der Waals surface area contributed by atoms with Gasteiger partial charge in [-0.2, -0.15) is 10.5 Å². The standard InChI is InChI=1S/C8H2Cl2N2O2/c9-5-6(10)8(14)4(2-12)3(1-11)7(5)13/h7,13H. The molecule has 0 spiro atoms. The molecule has 4 nitrogen and oxygen atoms in total. The molecule has 1 unspecified atom stereocenters. The Bertz CT molecular complexity index is 451. The summed E-state index contributed by atoms with van der Waals surface area (Å²) < 4.78 is 0. The van der Waals surface area contributed by atoms with Gasteiger partial charge in [-0.3, -0.25) is 4.79 Å². The number of halogens is 2. The molecule has 0 amide bonds. The molecule has 14 heavy (non-hydrogen) atoms. The van der Waals surface area contributed by atoms with Crippen LogP contribution < -0.4 is 0 Å². The maximum atomic E-state index is 11.3. The molecule has 0 saturated heterocycles. The van der Waals surface area contributed by atoms with Crippen LogP contribution in [0.5, 0.6) is 0 Å². The first kappa shape index (κ1) is 10.7. The highest BCUT2D eigenvalue weighted by Gasteiger charge is 2.33. The number of rotatable bonds is 0. The van der Waals surface area contributed by atoms with Crippen molar-refractivity contribution >= 4 is 29.0 Å². The predicted molar refractivity (Wildman–Crippen MR) is 48.0 cm³/mol. The number of hydrogen-bond acceptors (Lipinski definition) is 4. The number of allylic oxidation sites excluding steroid dienone is 2. The van der Waals surface area contributed by atoms with E-state index >= 15 is 0 Å². The normalized spacial score (nSPS) is 22.1. The van der Waals surface area contributed by atoms with Gasteiger partial charge in [0.25, 0.3) is 0 Å². The second-order valence-corrected chi connectivity index (χ2v) is 3.19. The first-order chi connectivity index (χ1) is 6.54. The summed E-state index contributed by atoms with van der Waals surface area (Å²) in [7, 11) is 0. The largest absolute Gasteiger partial charge is 0.382 e. The second kappa shape index (κ2) is 3.81. The molecule has 1 rings (SSSR count). The summed E-state index contributed by atoms with van der Waals surface area (Å²) in [5, 5.41) is 25.8. The Morgan fingerprint density at radius 1 is 1.29 bits per heavy atom. The summed E-state index contributed by atoms with van der Waals surface area (Å²) in [5.41, 5.74) is -0.832. The van der Waals surface area contributed by atoms with Crippen molar-refractivity contribution in [1.29, 1.82) is 10.5 Å². The highest BCUT2D eigenvalue weighted by atomic mass is 35.5. The van der Waals surface area contributed by atoms with E-state index in [0.717, 1.165) is 0 Å². The quantitative estimate of drug-likeness (QED) is 0.670. The van der Waals surface area contributed by atoms with Crippen LogP contribution in [0.4, 0.5) is 0 Å². The third-order valence-electron chi connectivity index (χ3n) is 1.65. The van der Waals surface area contributed by atoms with E-state index < -0.39 is 22.5 Å². The molecule has 1 aliphatic rings. The molecule has 0 aliphatic heterocycles. The van der Waals surface area contributed by atoms with Gasteiger partial charge in [0.05, 0.1) is 16.7 Å². The minimum Gasteiger partial charge on any atom is -0.382 e. The summed E-state index contributed by atoms with van der Waals surface area (Å²) in [6.45, 7) is 0. The summed E-state index contributed by atoms with van der Waals surface area (Å²) in [6, 6.07) is 3.05. The van der Waals surface area contributed by atoms with Crippen molar-refractivity contribution in [3.8, 4) is 12.1 Å². The number of Topliss-reactive ketones (excluding diaryl/α,β-unsaturated/α-hetero) is 1. The molecule has 0 saturated carbocycles. The minimum atomic E-state index is -1.48. The van der Waals surface area contributed by atoms with Crippen molar-refractivity contribution in [2.75, 3.05) is 0 Å². The average molecular weight is 229 g/mol. The van der Waals surface area contributed by atoms with E-state index in [1.807, 2.05) is 0 Å². The highest BCUT2D eigenvalue weighted by molar-refractivity contribution is 6.51. The maximum absolute atomic E-state index is 11.3. The maximum Gasteiger partial charge on any atom is 0.217 e. The minimum absolute atomic E-state index is 0.327. The average Bonchev–Trinajstić information content (AvgIpc) is 2.20. The van der Waals surface area contributed by atoms with E-state index in [4.69, 9.17) is 33.7 Å².